The van der Waals surface area contributed by atoms with Crippen LogP contribution < -0.4 is 10.6 Å². The molecule has 1 heterocycles. The fourth-order valence-electron chi connectivity index (χ4n) is 1.84. The molecule has 0 aliphatic carbocycles. The summed E-state index contributed by atoms with van der Waals surface area (Å²) in [6.45, 7) is 5.40. The van der Waals surface area contributed by atoms with Crippen LogP contribution in [0.5, 0.6) is 0 Å². The number of thiocarbonyl (C=S) groups is 1. The lowest BCUT2D eigenvalue weighted by Crippen LogP contribution is -2.28. The van der Waals surface area contributed by atoms with E-state index in [-0.39, 0.29) is 5.82 Å². The minimum atomic E-state index is -0.239. The van der Waals surface area contributed by atoms with Crippen LogP contribution >= 0.6 is 12.2 Å². The summed E-state index contributed by atoms with van der Waals surface area (Å²) in [6.07, 6.45) is 1.75. The molecule has 0 radical (unpaired) electrons. The Morgan fingerprint density at radius 1 is 1.35 bits per heavy atom. The van der Waals surface area contributed by atoms with Crippen molar-refractivity contribution in [1.82, 2.24) is 15.1 Å². The van der Waals surface area contributed by atoms with Crippen LogP contribution in [0.4, 0.5) is 10.1 Å². The van der Waals surface area contributed by atoms with Crippen molar-refractivity contribution in [2.24, 2.45) is 0 Å². The maximum absolute atomic E-state index is 12.8. The van der Waals surface area contributed by atoms with Gasteiger partial charge < -0.3 is 10.6 Å². The van der Waals surface area contributed by atoms with Gasteiger partial charge >= 0.3 is 0 Å². The van der Waals surface area contributed by atoms with Crippen LogP contribution in [0.1, 0.15) is 18.2 Å². The molecule has 0 unspecified atom stereocenters. The van der Waals surface area contributed by atoms with Crippen LogP contribution in [0.25, 0.3) is 0 Å². The number of halogens is 1. The van der Waals surface area contributed by atoms with E-state index in [0.29, 0.717) is 11.7 Å². The number of hydrogen-bond acceptors (Lipinski definition) is 2. The van der Waals surface area contributed by atoms with Gasteiger partial charge in [-0.2, -0.15) is 5.10 Å². The Labute approximate surface area is 123 Å². The normalized spacial score (nSPS) is 10.3. The molecule has 0 spiro atoms. The maximum Gasteiger partial charge on any atom is 0.171 e. The molecule has 2 rings (SSSR count). The number of aryl methyl sites for hydroxylation is 1. The van der Waals surface area contributed by atoms with Crippen molar-refractivity contribution in [3.05, 3.63) is 47.5 Å². The van der Waals surface area contributed by atoms with E-state index in [0.717, 1.165) is 23.5 Å². The van der Waals surface area contributed by atoms with Gasteiger partial charge in [0, 0.05) is 13.1 Å². The molecular weight excluding hydrogens is 275 g/mol. The number of hydrogen-bond donors (Lipinski definition) is 2. The van der Waals surface area contributed by atoms with Crippen molar-refractivity contribution in [3.8, 4) is 0 Å². The van der Waals surface area contributed by atoms with E-state index >= 15 is 0 Å². The first-order valence-electron chi connectivity index (χ1n) is 6.42. The van der Waals surface area contributed by atoms with Crippen molar-refractivity contribution in [2.75, 3.05) is 5.32 Å². The van der Waals surface area contributed by atoms with Gasteiger partial charge in [-0.1, -0.05) is 12.1 Å². The molecule has 0 fully saturated rings. The predicted molar refractivity (Wildman–Crippen MR) is 82.1 cm³/mol. The summed E-state index contributed by atoms with van der Waals surface area (Å²) in [5.74, 6) is -0.239. The zero-order chi connectivity index (χ0) is 14.5. The summed E-state index contributed by atoms with van der Waals surface area (Å²) in [6, 6.07) is 6.32. The van der Waals surface area contributed by atoms with E-state index in [1.165, 1.54) is 12.1 Å². The second kappa shape index (κ2) is 6.47. The van der Waals surface area contributed by atoms with E-state index < -0.39 is 0 Å². The van der Waals surface area contributed by atoms with Crippen LogP contribution in [-0.4, -0.2) is 14.9 Å². The predicted octanol–water partition coefficient (Wildman–Crippen LogP) is 2.84. The summed E-state index contributed by atoms with van der Waals surface area (Å²) in [4.78, 5) is 0. The number of nitrogens with one attached hydrogen (secondary N) is 2. The summed E-state index contributed by atoms with van der Waals surface area (Å²) >= 11 is 5.23. The SMILES string of the molecule is CCn1ncc(NC(=S)NCc2ccc(F)cc2)c1C. The molecule has 6 heteroatoms. The Balaban J connectivity index is 1.89. The average molecular weight is 292 g/mol. The molecule has 0 aliphatic heterocycles. The van der Waals surface area contributed by atoms with E-state index in [2.05, 4.69) is 15.7 Å². The molecule has 0 amide bonds. The first kappa shape index (κ1) is 14.5. The fraction of sp³-hybridized carbons (Fsp3) is 0.286. The third-order valence-electron chi connectivity index (χ3n) is 3.02. The fourth-order valence-corrected chi connectivity index (χ4v) is 2.02. The third kappa shape index (κ3) is 3.54. The van der Waals surface area contributed by atoms with Crippen LogP contribution in [0.3, 0.4) is 0 Å². The van der Waals surface area contributed by atoms with Crippen molar-refractivity contribution in [3.63, 3.8) is 0 Å². The Bertz CT molecular complexity index is 592. The van der Waals surface area contributed by atoms with E-state index in [9.17, 15) is 4.39 Å². The maximum atomic E-state index is 12.8. The van der Waals surface area contributed by atoms with Gasteiger partial charge in [0.2, 0.25) is 0 Å². The molecule has 2 aromatic rings. The molecule has 1 aromatic carbocycles. The minimum absolute atomic E-state index is 0.239. The lowest BCUT2D eigenvalue weighted by atomic mass is 10.2. The number of benzene rings is 1. The minimum Gasteiger partial charge on any atom is -0.358 e. The number of nitrogens with zero attached hydrogens (tertiary/aromatic N) is 2. The number of aromatic nitrogens is 2. The summed E-state index contributed by atoms with van der Waals surface area (Å²) in [5.41, 5.74) is 2.90. The molecule has 0 atom stereocenters. The monoisotopic (exact) mass is 292 g/mol. The van der Waals surface area contributed by atoms with Gasteiger partial charge in [0.05, 0.1) is 17.6 Å². The standard InChI is InChI=1S/C14H17FN4S/c1-3-19-10(2)13(9-17-19)18-14(20)16-8-11-4-6-12(15)7-5-11/h4-7,9H,3,8H2,1-2H3,(H2,16,18,20). The van der Waals surface area contributed by atoms with Gasteiger partial charge in [-0.3, -0.25) is 4.68 Å². The first-order chi connectivity index (χ1) is 9.60. The zero-order valence-electron chi connectivity index (χ0n) is 11.5. The van der Waals surface area contributed by atoms with Crippen molar-refractivity contribution in [1.29, 1.82) is 0 Å². The molecule has 0 aliphatic rings. The van der Waals surface area contributed by atoms with Crippen LogP contribution in [0.2, 0.25) is 0 Å². The number of anilines is 1. The van der Waals surface area contributed by atoms with Crippen molar-refractivity contribution in [2.45, 2.75) is 26.9 Å². The highest BCUT2D eigenvalue weighted by Crippen LogP contribution is 2.13. The van der Waals surface area contributed by atoms with Crippen LogP contribution in [0, 0.1) is 12.7 Å². The molecular formula is C14H17FN4S. The largest absolute Gasteiger partial charge is 0.358 e. The highest BCUT2D eigenvalue weighted by Gasteiger charge is 2.06. The van der Waals surface area contributed by atoms with E-state index in [1.807, 2.05) is 18.5 Å². The van der Waals surface area contributed by atoms with Crippen LogP contribution in [0.15, 0.2) is 30.5 Å². The summed E-state index contributed by atoms with van der Waals surface area (Å²) in [7, 11) is 0. The number of rotatable bonds is 4. The van der Waals surface area contributed by atoms with Crippen molar-refractivity contribution < 1.29 is 4.39 Å². The third-order valence-corrected chi connectivity index (χ3v) is 3.26. The van der Waals surface area contributed by atoms with Gasteiger partial charge in [-0.25, -0.2) is 4.39 Å². The molecule has 20 heavy (non-hydrogen) atoms. The Kier molecular flexibility index (Phi) is 4.68. The highest BCUT2D eigenvalue weighted by atomic mass is 32.1. The van der Waals surface area contributed by atoms with Gasteiger partial charge in [-0.05, 0) is 43.8 Å². The quantitative estimate of drug-likeness (QED) is 0.850. The van der Waals surface area contributed by atoms with Gasteiger partial charge in [-0.15, -0.1) is 0 Å². The Hall–Kier alpha value is -1.95. The van der Waals surface area contributed by atoms with Gasteiger partial charge in [0.25, 0.3) is 0 Å². The molecule has 106 valence electrons. The van der Waals surface area contributed by atoms with Gasteiger partial charge in [0.1, 0.15) is 5.82 Å². The van der Waals surface area contributed by atoms with E-state index in [1.54, 1.807) is 18.3 Å². The van der Waals surface area contributed by atoms with Crippen LogP contribution in [-0.2, 0) is 13.1 Å². The topological polar surface area (TPSA) is 41.9 Å². The summed E-state index contributed by atoms with van der Waals surface area (Å²) < 4.78 is 14.7. The lowest BCUT2D eigenvalue weighted by Gasteiger charge is -2.10. The van der Waals surface area contributed by atoms with Gasteiger partial charge in [0.15, 0.2) is 5.11 Å². The van der Waals surface area contributed by atoms with Crippen molar-refractivity contribution >= 4 is 23.0 Å². The molecule has 4 nitrogen and oxygen atoms in total. The molecule has 1 aromatic heterocycles. The molecule has 0 bridgehead atoms. The second-order valence-corrected chi connectivity index (χ2v) is 4.80. The van der Waals surface area contributed by atoms with E-state index in [4.69, 9.17) is 12.2 Å². The average Bonchev–Trinajstić information content (AvgIpc) is 2.79. The lowest BCUT2D eigenvalue weighted by molar-refractivity contribution is 0.627. The molecule has 0 saturated carbocycles. The zero-order valence-corrected chi connectivity index (χ0v) is 12.3. The Morgan fingerprint density at radius 3 is 2.65 bits per heavy atom. The highest BCUT2D eigenvalue weighted by molar-refractivity contribution is 7.80. The summed E-state index contributed by atoms with van der Waals surface area (Å²) in [5, 5.41) is 11.0. The molecule has 0 saturated heterocycles. The molecule has 2 N–H and O–H groups in total. The Morgan fingerprint density at radius 2 is 2.05 bits per heavy atom. The smallest absolute Gasteiger partial charge is 0.171 e. The first-order valence-corrected chi connectivity index (χ1v) is 6.82. The second-order valence-electron chi connectivity index (χ2n) is 4.39.